The average Bonchev–Trinajstić information content (AvgIpc) is 3.06. The molecule has 0 heterocycles. The molecule has 0 bridgehead atoms. The highest BCUT2D eigenvalue weighted by Gasteiger charge is 2.31. The molecule has 1 aromatic carbocycles. The van der Waals surface area contributed by atoms with Crippen LogP contribution in [0.5, 0.6) is 0 Å². The average molecular weight is 718 g/mol. The first-order valence-corrected chi connectivity index (χ1v) is 18.3. The summed E-state index contributed by atoms with van der Waals surface area (Å²) in [6.45, 7) is 15.6. The Morgan fingerprint density at radius 3 is 1.96 bits per heavy atom. The third kappa shape index (κ3) is 17.5. The summed E-state index contributed by atoms with van der Waals surface area (Å²) in [4.78, 5) is 76.6. The summed E-state index contributed by atoms with van der Waals surface area (Å²) in [6, 6.07) is 3.63. The van der Waals surface area contributed by atoms with Gasteiger partial charge in [0.25, 0.3) is 0 Å². The summed E-state index contributed by atoms with van der Waals surface area (Å²) in [6.07, 6.45) is 2.16. The molecule has 51 heavy (non-hydrogen) atoms. The topological polar surface area (TPSA) is 221 Å². The summed E-state index contributed by atoms with van der Waals surface area (Å²) in [5.41, 5.74) is 7.25. The van der Waals surface area contributed by atoms with Crippen LogP contribution in [0.1, 0.15) is 106 Å². The second-order valence-electron chi connectivity index (χ2n) is 14.2. The maximum atomic E-state index is 13.6. The molecule has 0 fully saturated rings. The van der Waals surface area contributed by atoms with Crippen molar-refractivity contribution in [1.29, 1.82) is 0 Å². The third-order valence-corrected chi connectivity index (χ3v) is 8.68. The largest absolute Gasteiger partial charge is 0.481 e. The first kappa shape index (κ1) is 44.8. The summed E-state index contributed by atoms with van der Waals surface area (Å²) in [5.74, 6) is -3.12. The number of nitrogens with two attached hydrogens (primary N) is 1. The standard InChI is InChI=1S/C37H63N7O7/c1-9-12-29(42-37(51)33(24(7)10-2)43-30(45)13-11-14-31(46)47)35(49)41-28(19-22(3)4)21-39-25(8)34(48)44-32(23(5)6)36(50)40-20-26-15-17-27(38)18-16-26/h15-18,22-25,28-29,32-33,39H,9-14,19-21,38H2,1-8H3,(H,40,50)(H,41,49)(H,42,51)(H,43,45)(H,44,48)(H,46,47)/t24-,25-,28-,29-,32-,33-/m0/s1. The lowest BCUT2D eigenvalue weighted by Crippen LogP contribution is -2.58. The molecule has 5 amide bonds. The van der Waals surface area contributed by atoms with E-state index in [4.69, 9.17) is 10.8 Å². The minimum absolute atomic E-state index is 0.0262. The summed E-state index contributed by atoms with van der Waals surface area (Å²) in [5, 5.41) is 26.4. The number of hydrogen-bond donors (Lipinski definition) is 8. The Morgan fingerprint density at radius 2 is 1.41 bits per heavy atom. The van der Waals surface area contributed by atoms with Crippen molar-refractivity contribution >= 4 is 41.2 Å². The van der Waals surface area contributed by atoms with Gasteiger partial charge in [0.05, 0.1) is 6.04 Å². The van der Waals surface area contributed by atoms with Gasteiger partial charge in [-0.3, -0.25) is 28.8 Å². The Balaban J connectivity index is 2.89. The minimum Gasteiger partial charge on any atom is -0.481 e. The number of amides is 5. The van der Waals surface area contributed by atoms with Crippen molar-refractivity contribution in [2.45, 2.75) is 137 Å². The molecule has 0 spiro atoms. The summed E-state index contributed by atoms with van der Waals surface area (Å²) in [7, 11) is 0. The van der Waals surface area contributed by atoms with Crippen LogP contribution in [0, 0.1) is 17.8 Å². The van der Waals surface area contributed by atoms with Crippen molar-refractivity contribution in [2.75, 3.05) is 12.3 Å². The molecular weight excluding hydrogens is 654 g/mol. The van der Waals surface area contributed by atoms with Crippen LogP contribution in [-0.2, 0) is 35.3 Å². The van der Waals surface area contributed by atoms with Crippen LogP contribution < -0.4 is 37.6 Å². The molecule has 0 aliphatic heterocycles. The zero-order chi connectivity index (χ0) is 38.7. The number of anilines is 1. The molecule has 14 heteroatoms. The number of rotatable bonds is 24. The quantitative estimate of drug-likeness (QED) is 0.0736. The predicted molar refractivity (Wildman–Crippen MR) is 198 cm³/mol. The van der Waals surface area contributed by atoms with Crippen molar-refractivity contribution < 1.29 is 33.9 Å². The molecule has 1 rings (SSSR count). The zero-order valence-corrected chi connectivity index (χ0v) is 31.8. The van der Waals surface area contributed by atoms with Crippen molar-refractivity contribution in [1.82, 2.24) is 31.9 Å². The van der Waals surface area contributed by atoms with Gasteiger partial charge in [-0.15, -0.1) is 0 Å². The zero-order valence-electron chi connectivity index (χ0n) is 31.8. The molecule has 0 saturated heterocycles. The fourth-order valence-electron chi connectivity index (χ4n) is 5.39. The molecule has 0 aromatic heterocycles. The lowest BCUT2D eigenvalue weighted by molar-refractivity contribution is -0.137. The SMILES string of the molecule is CCC[C@H](NC(=O)[C@@H](NC(=O)CCCC(=O)O)[C@@H](C)CC)C(=O)N[C@H](CN[C@@H](C)C(=O)N[C@H](C(=O)NCc1ccc(N)cc1)C(C)C)CC(C)C. The van der Waals surface area contributed by atoms with E-state index in [9.17, 15) is 28.8 Å². The van der Waals surface area contributed by atoms with Crippen molar-refractivity contribution in [3.63, 3.8) is 0 Å². The van der Waals surface area contributed by atoms with Gasteiger partial charge in [-0.05, 0) is 61.6 Å². The van der Waals surface area contributed by atoms with Gasteiger partial charge < -0.3 is 42.7 Å². The normalized spacial score (nSPS) is 14.8. The minimum atomic E-state index is -0.998. The van der Waals surface area contributed by atoms with Crippen molar-refractivity contribution in [3.8, 4) is 0 Å². The number of carbonyl (C=O) groups is 6. The van der Waals surface area contributed by atoms with E-state index in [-0.39, 0.29) is 67.3 Å². The van der Waals surface area contributed by atoms with E-state index in [0.717, 1.165) is 5.56 Å². The van der Waals surface area contributed by atoms with E-state index in [2.05, 4.69) is 31.9 Å². The molecule has 1 aromatic rings. The molecule has 0 radical (unpaired) electrons. The van der Waals surface area contributed by atoms with Crippen LogP contribution in [0.3, 0.4) is 0 Å². The van der Waals surface area contributed by atoms with E-state index in [1.54, 1.807) is 19.1 Å². The third-order valence-electron chi connectivity index (χ3n) is 8.68. The van der Waals surface area contributed by atoms with Gasteiger partial charge in [-0.1, -0.05) is 73.4 Å². The van der Waals surface area contributed by atoms with Gasteiger partial charge >= 0.3 is 5.97 Å². The van der Waals surface area contributed by atoms with Crippen LogP contribution >= 0.6 is 0 Å². The van der Waals surface area contributed by atoms with E-state index in [1.165, 1.54) is 0 Å². The molecule has 0 aliphatic rings. The van der Waals surface area contributed by atoms with Gasteiger partial charge in [0.15, 0.2) is 0 Å². The maximum Gasteiger partial charge on any atom is 0.303 e. The van der Waals surface area contributed by atoms with E-state index in [1.807, 2.05) is 60.6 Å². The summed E-state index contributed by atoms with van der Waals surface area (Å²) >= 11 is 0. The number of nitrogen functional groups attached to an aromatic ring is 1. The first-order valence-electron chi connectivity index (χ1n) is 18.3. The van der Waals surface area contributed by atoms with Crippen LogP contribution in [0.2, 0.25) is 0 Å². The van der Waals surface area contributed by atoms with Gasteiger partial charge in [0, 0.05) is 37.7 Å². The number of benzene rings is 1. The molecule has 6 atom stereocenters. The van der Waals surface area contributed by atoms with Crippen molar-refractivity contribution in [2.24, 2.45) is 17.8 Å². The summed E-state index contributed by atoms with van der Waals surface area (Å²) < 4.78 is 0. The van der Waals surface area contributed by atoms with Crippen LogP contribution in [0.15, 0.2) is 24.3 Å². The highest BCUT2D eigenvalue weighted by molar-refractivity contribution is 5.92. The molecule has 0 unspecified atom stereocenters. The number of aliphatic carboxylic acids is 1. The van der Waals surface area contributed by atoms with E-state index in [0.29, 0.717) is 37.9 Å². The second kappa shape index (κ2) is 23.3. The van der Waals surface area contributed by atoms with Crippen LogP contribution in [0.4, 0.5) is 5.69 Å². The van der Waals surface area contributed by atoms with Gasteiger partial charge in [-0.2, -0.15) is 0 Å². The molecular formula is C37H63N7O7. The number of carbonyl (C=O) groups excluding carboxylic acids is 5. The highest BCUT2D eigenvalue weighted by atomic mass is 16.4. The molecule has 0 aliphatic carbocycles. The van der Waals surface area contributed by atoms with Gasteiger partial charge in [-0.25, -0.2) is 0 Å². The first-order chi connectivity index (χ1) is 24.0. The molecule has 288 valence electrons. The number of carboxylic acids is 1. The Hall–Kier alpha value is -4.20. The predicted octanol–water partition coefficient (Wildman–Crippen LogP) is 2.61. The highest BCUT2D eigenvalue weighted by Crippen LogP contribution is 2.12. The lowest BCUT2D eigenvalue weighted by Gasteiger charge is -2.29. The number of hydrogen-bond acceptors (Lipinski definition) is 8. The Labute approximate surface area is 303 Å². The second-order valence-corrected chi connectivity index (χ2v) is 14.2. The lowest BCUT2D eigenvalue weighted by atomic mass is 9.97. The monoisotopic (exact) mass is 717 g/mol. The van der Waals surface area contributed by atoms with Gasteiger partial charge in [0.1, 0.15) is 18.1 Å². The molecule has 9 N–H and O–H groups in total. The Kier molecular flexibility index (Phi) is 20.5. The molecule has 14 nitrogen and oxygen atoms in total. The fraction of sp³-hybridized carbons (Fsp3) is 0.676. The maximum absolute atomic E-state index is 13.6. The smallest absolute Gasteiger partial charge is 0.303 e. The molecule has 0 saturated carbocycles. The van der Waals surface area contributed by atoms with Crippen LogP contribution in [-0.4, -0.2) is 77.4 Å². The van der Waals surface area contributed by atoms with E-state index >= 15 is 0 Å². The Morgan fingerprint density at radius 1 is 0.765 bits per heavy atom. The van der Waals surface area contributed by atoms with E-state index < -0.39 is 42.0 Å². The number of carboxylic acid groups (broad SMARTS) is 1. The Bertz CT molecular complexity index is 1270. The van der Waals surface area contributed by atoms with Crippen LogP contribution in [0.25, 0.3) is 0 Å². The van der Waals surface area contributed by atoms with Crippen molar-refractivity contribution in [3.05, 3.63) is 29.8 Å². The van der Waals surface area contributed by atoms with Gasteiger partial charge in [0.2, 0.25) is 29.5 Å². The fourth-order valence-corrected chi connectivity index (χ4v) is 5.39. The number of nitrogens with one attached hydrogen (secondary N) is 6.